The quantitative estimate of drug-likeness (QED) is 0.192. The summed E-state index contributed by atoms with van der Waals surface area (Å²) in [6, 6.07) is 19.0. The van der Waals surface area contributed by atoms with Gasteiger partial charge in [0, 0.05) is 29.2 Å². The van der Waals surface area contributed by atoms with Gasteiger partial charge in [-0.1, -0.05) is 47.7 Å². The van der Waals surface area contributed by atoms with Crippen LogP contribution in [0.25, 0.3) is 17.0 Å². The van der Waals surface area contributed by atoms with Crippen molar-refractivity contribution in [1.29, 1.82) is 0 Å². The molecule has 3 heterocycles. The molecule has 0 amide bonds. The van der Waals surface area contributed by atoms with Crippen LogP contribution >= 0.6 is 11.3 Å². The van der Waals surface area contributed by atoms with Gasteiger partial charge < -0.3 is 18.8 Å². The number of fused-ring (bicyclic) bond motifs is 2. The Balaban J connectivity index is 1.51. The summed E-state index contributed by atoms with van der Waals surface area (Å²) in [5, 5.41) is 0.973. The molecular weight excluding hydrogens is 605 g/mol. The van der Waals surface area contributed by atoms with Crippen molar-refractivity contribution in [3.8, 4) is 11.5 Å². The van der Waals surface area contributed by atoms with Crippen LogP contribution < -0.4 is 24.4 Å². The third kappa shape index (κ3) is 5.88. The lowest BCUT2D eigenvalue weighted by Gasteiger charge is -2.25. The van der Waals surface area contributed by atoms with Crippen LogP contribution in [-0.4, -0.2) is 34.9 Å². The van der Waals surface area contributed by atoms with Crippen molar-refractivity contribution in [2.24, 2.45) is 4.99 Å². The van der Waals surface area contributed by atoms with Crippen molar-refractivity contribution in [3.63, 3.8) is 0 Å². The van der Waals surface area contributed by atoms with Crippen LogP contribution in [0.5, 0.6) is 11.5 Å². The molecule has 0 bridgehead atoms. The van der Waals surface area contributed by atoms with Crippen molar-refractivity contribution >= 4 is 34.3 Å². The number of esters is 1. The number of benzene rings is 3. The summed E-state index contributed by atoms with van der Waals surface area (Å²) >= 11 is 1.27. The minimum Gasteiger partial charge on any atom is -0.493 e. The van der Waals surface area contributed by atoms with Crippen molar-refractivity contribution in [2.75, 3.05) is 13.7 Å². The third-order valence-electron chi connectivity index (χ3n) is 7.76. The predicted octanol–water partition coefficient (Wildman–Crippen LogP) is 5.74. The van der Waals surface area contributed by atoms with Gasteiger partial charge in [0.05, 0.1) is 41.7 Å². The summed E-state index contributed by atoms with van der Waals surface area (Å²) in [6.07, 6.45) is 3.79. The maximum Gasteiger partial charge on any atom is 0.338 e. The molecule has 1 aliphatic heterocycles. The van der Waals surface area contributed by atoms with Gasteiger partial charge in [-0.2, -0.15) is 0 Å². The smallest absolute Gasteiger partial charge is 0.338 e. The second-order valence-electron chi connectivity index (χ2n) is 11.2. The topological polar surface area (TPSA) is 84.1 Å². The average molecular weight is 640 g/mol. The standard InChI is InChI=1S/C36H34FN3O5S/c1-6-44-35(42)32-22(4)38-36-40(33(32)24-13-16-29(45-21(2)3)30(17-24)43-5)34(41)31(46-36)18-25-20-39(28-10-8-7-9-27(25)28)19-23-11-14-26(37)15-12-23/h7-18,20-21,33H,6,19H2,1-5H3/b31-18-/t33-/m1/s1. The zero-order chi connectivity index (χ0) is 32.5. The molecule has 8 nitrogen and oxygen atoms in total. The highest BCUT2D eigenvalue weighted by molar-refractivity contribution is 7.07. The fourth-order valence-electron chi connectivity index (χ4n) is 5.76. The van der Waals surface area contributed by atoms with E-state index in [9.17, 15) is 14.0 Å². The first-order chi connectivity index (χ1) is 22.2. The molecular formula is C36H34FN3O5S. The SMILES string of the molecule is CCOC(=O)C1=C(C)N=c2s/c(=C\c3cn(Cc4ccc(F)cc4)c4ccccc34)c(=O)n2[C@@H]1c1ccc(OC(C)C)c(OC)c1. The Morgan fingerprint density at radius 2 is 1.85 bits per heavy atom. The average Bonchev–Trinajstić information content (AvgIpc) is 3.53. The summed E-state index contributed by atoms with van der Waals surface area (Å²) in [5.41, 5.74) is 3.95. The van der Waals surface area contributed by atoms with E-state index in [-0.39, 0.29) is 29.7 Å². The summed E-state index contributed by atoms with van der Waals surface area (Å²) in [6.45, 7) is 8.07. The van der Waals surface area contributed by atoms with Crippen LogP contribution in [0.15, 0.2) is 94.0 Å². The number of halogens is 1. The lowest BCUT2D eigenvalue weighted by atomic mass is 9.95. The number of ether oxygens (including phenoxy) is 3. The molecule has 0 saturated heterocycles. The molecule has 0 aliphatic carbocycles. The largest absolute Gasteiger partial charge is 0.493 e. The Morgan fingerprint density at radius 3 is 2.57 bits per heavy atom. The number of thiazole rings is 1. The van der Waals surface area contributed by atoms with E-state index < -0.39 is 12.0 Å². The van der Waals surface area contributed by atoms with Gasteiger partial charge in [0.15, 0.2) is 16.3 Å². The minimum atomic E-state index is -0.792. The van der Waals surface area contributed by atoms with Crippen LogP contribution in [0.3, 0.4) is 0 Å². The normalized spacial score (nSPS) is 14.8. The molecule has 46 heavy (non-hydrogen) atoms. The van der Waals surface area contributed by atoms with Gasteiger partial charge >= 0.3 is 5.97 Å². The monoisotopic (exact) mass is 639 g/mol. The molecule has 1 atom stereocenters. The van der Waals surface area contributed by atoms with Crippen LogP contribution in [0, 0.1) is 5.82 Å². The number of nitrogens with zero attached hydrogens (tertiary/aromatic N) is 3. The molecule has 3 aromatic carbocycles. The van der Waals surface area contributed by atoms with Crippen molar-refractivity contribution < 1.29 is 23.4 Å². The third-order valence-corrected chi connectivity index (χ3v) is 8.74. The summed E-state index contributed by atoms with van der Waals surface area (Å²) in [5.74, 6) is 0.229. The number of carbonyl (C=O) groups is 1. The van der Waals surface area contributed by atoms with Crippen molar-refractivity contribution in [1.82, 2.24) is 9.13 Å². The number of rotatable bonds is 9. The predicted molar refractivity (Wildman–Crippen MR) is 177 cm³/mol. The van der Waals surface area contributed by atoms with E-state index >= 15 is 0 Å². The number of allylic oxidation sites excluding steroid dienone is 1. The lowest BCUT2D eigenvalue weighted by molar-refractivity contribution is -0.139. The summed E-state index contributed by atoms with van der Waals surface area (Å²) < 4.78 is 34.7. The zero-order valence-electron chi connectivity index (χ0n) is 26.2. The second-order valence-corrected chi connectivity index (χ2v) is 12.2. The molecule has 6 rings (SSSR count). The van der Waals surface area contributed by atoms with Gasteiger partial charge in [-0.15, -0.1) is 0 Å². The first kappa shape index (κ1) is 31.0. The Morgan fingerprint density at radius 1 is 1.09 bits per heavy atom. The Bertz CT molecular complexity index is 2160. The molecule has 0 fully saturated rings. The number of hydrogen-bond acceptors (Lipinski definition) is 7. The van der Waals surface area contributed by atoms with Gasteiger partial charge in [0.25, 0.3) is 5.56 Å². The van der Waals surface area contributed by atoms with E-state index in [0.29, 0.717) is 38.6 Å². The summed E-state index contributed by atoms with van der Waals surface area (Å²) in [7, 11) is 1.55. The fourth-order valence-corrected chi connectivity index (χ4v) is 6.80. The van der Waals surface area contributed by atoms with Gasteiger partial charge in [-0.05, 0) is 75.2 Å². The van der Waals surface area contributed by atoms with E-state index in [1.165, 1.54) is 23.5 Å². The molecule has 0 N–H and O–H groups in total. The second kappa shape index (κ2) is 12.8. The maximum atomic E-state index is 14.3. The van der Waals surface area contributed by atoms with E-state index in [0.717, 1.165) is 22.0 Å². The number of para-hydroxylation sites is 1. The number of aromatic nitrogens is 2. The maximum absolute atomic E-state index is 14.3. The van der Waals surface area contributed by atoms with E-state index in [2.05, 4.69) is 4.57 Å². The van der Waals surface area contributed by atoms with Gasteiger partial charge in [-0.3, -0.25) is 9.36 Å². The Kier molecular flexibility index (Phi) is 8.64. The number of hydrogen-bond donors (Lipinski definition) is 0. The molecule has 2 aromatic heterocycles. The highest BCUT2D eigenvalue weighted by atomic mass is 32.1. The first-order valence-electron chi connectivity index (χ1n) is 15.0. The number of carbonyl (C=O) groups excluding carboxylic acids is 1. The minimum absolute atomic E-state index is 0.0729. The van der Waals surface area contributed by atoms with Crippen molar-refractivity contribution in [3.05, 3.63) is 126 Å². The Hall–Kier alpha value is -4.96. The van der Waals surface area contributed by atoms with Crippen LogP contribution in [0.4, 0.5) is 4.39 Å². The van der Waals surface area contributed by atoms with Crippen LogP contribution in [0.1, 0.15) is 50.4 Å². The highest BCUT2D eigenvalue weighted by Crippen LogP contribution is 2.36. The fraction of sp³-hybridized carbons (Fsp3) is 0.250. The molecule has 236 valence electrons. The zero-order valence-corrected chi connectivity index (χ0v) is 27.1. The van der Waals surface area contributed by atoms with Gasteiger partial charge in [0.2, 0.25) is 0 Å². The van der Waals surface area contributed by atoms with Crippen molar-refractivity contribution in [2.45, 2.75) is 46.4 Å². The Labute approximate surface area is 269 Å². The lowest BCUT2D eigenvalue weighted by Crippen LogP contribution is -2.40. The molecule has 0 unspecified atom stereocenters. The molecule has 5 aromatic rings. The molecule has 0 radical (unpaired) electrons. The van der Waals surface area contributed by atoms with Gasteiger partial charge in [0.1, 0.15) is 5.82 Å². The van der Waals surface area contributed by atoms with Crippen LogP contribution in [0.2, 0.25) is 0 Å². The highest BCUT2D eigenvalue weighted by Gasteiger charge is 2.34. The van der Waals surface area contributed by atoms with Gasteiger partial charge in [-0.25, -0.2) is 14.2 Å². The molecule has 10 heteroatoms. The molecule has 1 aliphatic rings. The van der Waals surface area contributed by atoms with E-state index in [4.69, 9.17) is 19.2 Å². The van der Waals surface area contributed by atoms with E-state index in [1.807, 2.05) is 56.5 Å². The van der Waals surface area contributed by atoms with E-state index in [1.54, 1.807) is 49.8 Å². The first-order valence-corrected chi connectivity index (χ1v) is 15.9. The molecule has 0 saturated carbocycles. The van der Waals surface area contributed by atoms with Crippen LogP contribution in [-0.2, 0) is 16.1 Å². The molecule has 0 spiro atoms. The number of methoxy groups -OCH3 is 1. The summed E-state index contributed by atoms with van der Waals surface area (Å²) in [4.78, 5) is 32.8.